The standard InChI is InChI=1S/C12H16N4O2/c1-9-5-11(15-10(14-9)6-18-2)16-7-12(17,8-16)3-4-13/h5,17H,3,6-8H2,1-2H3. The molecule has 1 aromatic heterocycles. The number of aromatic nitrogens is 2. The Labute approximate surface area is 106 Å². The highest BCUT2D eigenvalue weighted by Crippen LogP contribution is 2.28. The summed E-state index contributed by atoms with van der Waals surface area (Å²) < 4.78 is 5.01. The Kier molecular flexibility index (Phi) is 3.45. The molecule has 2 rings (SSSR count). The lowest BCUT2D eigenvalue weighted by Crippen LogP contribution is -2.62. The normalized spacial score (nSPS) is 17.1. The molecule has 0 aliphatic carbocycles. The van der Waals surface area contributed by atoms with Crippen LogP contribution >= 0.6 is 0 Å². The van der Waals surface area contributed by atoms with Gasteiger partial charge in [-0.25, -0.2) is 9.97 Å². The monoisotopic (exact) mass is 248 g/mol. The molecule has 96 valence electrons. The van der Waals surface area contributed by atoms with E-state index in [1.165, 1.54) is 0 Å². The minimum Gasteiger partial charge on any atom is -0.385 e. The fourth-order valence-corrected chi connectivity index (χ4v) is 2.05. The summed E-state index contributed by atoms with van der Waals surface area (Å²) in [5.74, 6) is 1.40. The molecule has 6 heteroatoms. The zero-order valence-corrected chi connectivity index (χ0v) is 10.6. The fourth-order valence-electron chi connectivity index (χ4n) is 2.05. The van der Waals surface area contributed by atoms with Crippen LogP contribution in [0.4, 0.5) is 5.82 Å². The van der Waals surface area contributed by atoms with Crippen LogP contribution in [0, 0.1) is 18.3 Å². The van der Waals surface area contributed by atoms with E-state index < -0.39 is 5.60 Å². The van der Waals surface area contributed by atoms with Crippen LogP contribution in [0.3, 0.4) is 0 Å². The molecule has 0 saturated carbocycles. The molecule has 0 spiro atoms. The topological polar surface area (TPSA) is 82.3 Å². The van der Waals surface area contributed by atoms with Gasteiger partial charge in [-0.05, 0) is 6.92 Å². The van der Waals surface area contributed by atoms with Gasteiger partial charge in [-0.2, -0.15) is 5.26 Å². The third-order valence-electron chi connectivity index (χ3n) is 2.86. The maximum Gasteiger partial charge on any atom is 0.156 e. The quantitative estimate of drug-likeness (QED) is 0.830. The van der Waals surface area contributed by atoms with Gasteiger partial charge in [0.2, 0.25) is 0 Å². The minimum absolute atomic E-state index is 0.151. The van der Waals surface area contributed by atoms with Crippen molar-refractivity contribution in [1.29, 1.82) is 5.26 Å². The van der Waals surface area contributed by atoms with Gasteiger partial charge in [0.15, 0.2) is 5.82 Å². The van der Waals surface area contributed by atoms with E-state index in [2.05, 4.69) is 9.97 Å². The zero-order valence-electron chi connectivity index (χ0n) is 10.6. The van der Waals surface area contributed by atoms with Crippen molar-refractivity contribution >= 4 is 5.82 Å². The molecule has 1 aromatic rings. The average Bonchev–Trinajstić information content (AvgIpc) is 2.25. The van der Waals surface area contributed by atoms with Crippen LogP contribution in [-0.2, 0) is 11.3 Å². The second-order valence-electron chi connectivity index (χ2n) is 4.63. The molecular formula is C12H16N4O2. The number of nitriles is 1. The first-order chi connectivity index (χ1) is 8.56. The molecule has 1 N–H and O–H groups in total. The van der Waals surface area contributed by atoms with Crippen molar-refractivity contribution in [3.63, 3.8) is 0 Å². The largest absolute Gasteiger partial charge is 0.385 e. The highest BCUT2D eigenvalue weighted by atomic mass is 16.5. The number of hydrogen-bond donors (Lipinski definition) is 1. The summed E-state index contributed by atoms with van der Waals surface area (Å²) in [6.07, 6.45) is 0.151. The molecular weight excluding hydrogens is 232 g/mol. The predicted octanol–water partition coefficient (Wildman–Crippen LogP) is 0.396. The molecule has 2 heterocycles. The van der Waals surface area contributed by atoms with Crippen molar-refractivity contribution in [2.45, 2.75) is 25.6 Å². The zero-order chi connectivity index (χ0) is 13.2. The van der Waals surface area contributed by atoms with Crippen LogP contribution in [0.15, 0.2) is 6.07 Å². The van der Waals surface area contributed by atoms with E-state index in [0.717, 1.165) is 11.5 Å². The van der Waals surface area contributed by atoms with Gasteiger partial charge >= 0.3 is 0 Å². The number of β-amino-alcohol motifs (C(OH)–C–C–N with tert-alkyl or cyclic N) is 1. The van der Waals surface area contributed by atoms with Crippen LogP contribution < -0.4 is 4.90 Å². The van der Waals surface area contributed by atoms with Crippen LogP contribution in [0.25, 0.3) is 0 Å². The molecule has 0 radical (unpaired) electrons. The van der Waals surface area contributed by atoms with E-state index in [0.29, 0.717) is 25.5 Å². The van der Waals surface area contributed by atoms with Crippen LogP contribution in [-0.4, -0.2) is 40.9 Å². The molecule has 1 fully saturated rings. The van der Waals surface area contributed by atoms with Crippen molar-refractivity contribution in [1.82, 2.24) is 9.97 Å². The van der Waals surface area contributed by atoms with Crippen molar-refractivity contribution in [3.8, 4) is 6.07 Å². The lowest BCUT2D eigenvalue weighted by atomic mass is 9.91. The number of aryl methyl sites for hydroxylation is 1. The number of rotatable bonds is 4. The van der Waals surface area contributed by atoms with Gasteiger partial charge in [0.05, 0.1) is 25.6 Å². The molecule has 0 bridgehead atoms. The van der Waals surface area contributed by atoms with Crippen LogP contribution in [0.2, 0.25) is 0 Å². The summed E-state index contributed by atoms with van der Waals surface area (Å²) in [4.78, 5) is 10.6. The summed E-state index contributed by atoms with van der Waals surface area (Å²) >= 11 is 0. The number of hydrogen-bond acceptors (Lipinski definition) is 6. The third kappa shape index (κ3) is 2.58. The van der Waals surface area contributed by atoms with Gasteiger partial charge in [-0.3, -0.25) is 0 Å². The predicted molar refractivity (Wildman–Crippen MR) is 64.9 cm³/mol. The average molecular weight is 248 g/mol. The van der Waals surface area contributed by atoms with E-state index >= 15 is 0 Å². The fraction of sp³-hybridized carbons (Fsp3) is 0.583. The van der Waals surface area contributed by atoms with Crippen LogP contribution in [0.5, 0.6) is 0 Å². The lowest BCUT2D eigenvalue weighted by Gasteiger charge is -2.46. The Morgan fingerprint density at radius 2 is 2.28 bits per heavy atom. The summed E-state index contributed by atoms with van der Waals surface area (Å²) in [6, 6.07) is 3.86. The SMILES string of the molecule is COCc1nc(C)cc(N2CC(O)(CC#N)C2)n1. The van der Waals surface area contributed by atoms with Gasteiger partial charge in [0.1, 0.15) is 18.0 Å². The molecule has 0 unspecified atom stereocenters. The molecule has 0 aromatic carbocycles. The first kappa shape index (κ1) is 12.7. The molecule has 18 heavy (non-hydrogen) atoms. The Morgan fingerprint density at radius 3 is 2.89 bits per heavy atom. The first-order valence-electron chi connectivity index (χ1n) is 5.74. The van der Waals surface area contributed by atoms with E-state index in [9.17, 15) is 5.11 Å². The summed E-state index contributed by atoms with van der Waals surface area (Å²) in [7, 11) is 1.60. The molecule has 1 saturated heterocycles. The van der Waals surface area contributed by atoms with Crippen molar-refractivity contribution < 1.29 is 9.84 Å². The van der Waals surface area contributed by atoms with Gasteiger partial charge in [0, 0.05) is 18.9 Å². The van der Waals surface area contributed by atoms with Crippen molar-refractivity contribution in [3.05, 3.63) is 17.6 Å². The molecule has 6 nitrogen and oxygen atoms in total. The van der Waals surface area contributed by atoms with E-state index in [-0.39, 0.29) is 6.42 Å². The first-order valence-corrected chi connectivity index (χ1v) is 5.74. The lowest BCUT2D eigenvalue weighted by molar-refractivity contribution is 0.0161. The van der Waals surface area contributed by atoms with Crippen molar-refractivity contribution in [2.24, 2.45) is 0 Å². The second-order valence-corrected chi connectivity index (χ2v) is 4.63. The van der Waals surface area contributed by atoms with Gasteiger partial charge < -0.3 is 14.7 Å². The number of aliphatic hydroxyl groups is 1. The summed E-state index contributed by atoms with van der Waals surface area (Å²) in [5.41, 5.74) is -0.0301. The van der Waals surface area contributed by atoms with E-state index in [1.54, 1.807) is 7.11 Å². The number of methoxy groups -OCH3 is 1. The molecule has 1 aliphatic heterocycles. The molecule has 1 aliphatic rings. The summed E-state index contributed by atoms with van der Waals surface area (Å²) in [5, 5.41) is 18.6. The number of nitrogens with zero attached hydrogens (tertiary/aromatic N) is 4. The van der Waals surface area contributed by atoms with Gasteiger partial charge in [-0.1, -0.05) is 0 Å². The van der Waals surface area contributed by atoms with Crippen LogP contribution in [0.1, 0.15) is 17.9 Å². The van der Waals surface area contributed by atoms with E-state index in [4.69, 9.17) is 10.00 Å². The Morgan fingerprint density at radius 1 is 1.56 bits per heavy atom. The Bertz CT molecular complexity index is 477. The van der Waals surface area contributed by atoms with Crippen molar-refractivity contribution in [2.75, 3.05) is 25.1 Å². The van der Waals surface area contributed by atoms with Gasteiger partial charge in [-0.15, -0.1) is 0 Å². The Balaban J connectivity index is 2.09. The third-order valence-corrected chi connectivity index (χ3v) is 2.86. The highest BCUT2D eigenvalue weighted by Gasteiger charge is 2.41. The van der Waals surface area contributed by atoms with E-state index in [1.807, 2.05) is 24.0 Å². The minimum atomic E-state index is -0.894. The maximum atomic E-state index is 9.95. The molecule has 0 amide bonds. The number of anilines is 1. The number of ether oxygens (including phenoxy) is 1. The second kappa shape index (κ2) is 4.88. The summed E-state index contributed by atoms with van der Waals surface area (Å²) in [6.45, 7) is 3.13. The Hall–Kier alpha value is -1.71. The van der Waals surface area contributed by atoms with Gasteiger partial charge in [0.25, 0.3) is 0 Å². The maximum absolute atomic E-state index is 9.95. The highest BCUT2D eigenvalue weighted by molar-refractivity contribution is 5.45. The smallest absolute Gasteiger partial charge is 0.156 e. The molecule has 0 atom stereocenters.